The van der Waals surface area contributed by atoms with Crippen LogP contribution in [0.2, 0.25) is 3.80 Å². The fourth-order valence-electron chi connectivity index (χ4n) is 1.41. The third-order valence-electron chi connectivity index (χ3n) is 2.32. The third kappa shape index (κ3) is 1.29. The van der Waals surface area contributed by atoms with Crippen LogP contribution in [0.25, 0.3) is 0 Å². The Hall–Kier alpha value is -1.07. The van der Waals surface area contributed by atoms with Crippen molar-refractivity contribution in [3.05, 3.63) is 29.2 Å². The van der Waals surface area contributed by atoms with E-state index in [0.717, 1.165) is 0 Å². The van der Waals surface area contributed by atoms with E-state index in [1.807, 2.05) is 6.92 Å². The average molecular weight is 363 g/mol. The van der Waals surface area contributed by atoms with Gasteiger partial charge in [-0.2, -0.15) is 0 Å². The van der Waals surface area contributed by atoms with Crippen molar-refractivity contribution < 1.29 is 25.0 Å². The summed E-state index contributed by atoms with van der Waals surface area (Å²) in [6.45, 7) is 1.81. The van der Waals surface area contributed by atoms with Crippen molar-refractivity contribution >= 4 is 8.53 Å². The molecule has 0 bridgehead atoms. The van der Waals surface area contributed by atoms with Gasteiger partial charge in [0, 0.05) is 0 Å². The second-order valence-electron chi connectivity index (χ2n) is 2.85. The number of allylic oxidation sites excluding steroid dienone is 4. The molecule has 0 saturated heterocycles. The van der Waals surface area contributed by atoms with Crippen molar-refractivity contribution in [1.82, 2.24) is 0 Å². The first kappa shape index (κ1) is 11.0. The molecular formula is C9H9NO3W. The molecule has 0 unspecified atom stereocenters. The standard InChI is InChI=1S/C7H9.2CO.NO.W/c1-2-7-5-3-4-6-7;3*1-2;/h3-6H,2H2,1H3;;;;/q;;;-1;+1. The van der Waals surface area contributed by atoms with Gasteiger partial charge in [0.15, 0.2) is 0 Å². The maximum atomic E-state index is 10.8. The monoisotopic (exact) mass is 363 g/mol. The summed E-state index contributed by atoms with van der Waals surface area (Å²) in [7, 11) is 0. The van der Waals surface area contributed by atoms with E-state index in [0.29, 0.717) is 6.42 Å². The number of hydrogen-bond donors (Lipinski definition) is 0. The Labute approximate surface area is 83.8 Å². The van der Waals surface area contributed by atoms with Gasteiger partial charge in [-0.1, -0.05) is 0 Å². The summed E-state index contributed by atoms with van der Waals surface area (Å²) in [6, 6.07) is 0. The van der Waals surface area contributed by atoms with E-state index < -0.39 is 19.2 Å². The molecule has 0 atom stereocenters. The van der Waals surface area contributed by atoms with E-state index in [2.05, 4.69) is 3.74 Å². The van der Waals surface area contributed by atoms with Gasteiger partial charge in [0.2, 0.25) is 0 Å². The Morgan fingerprint density at radius 1 is 1.29 bits per heavy atom. The summed E-state index contributed by atoms with van der Waals surface area (Å²) in [5, 5.41) is 0. The maximum absolute atomic E-state index is 10.8. The molecule has 0 fully saturated rings. The zero-order valence-corrected chi connectivity index (χ0v) is 10.5. The van der Waals surface area contributed by atoms with Crippen LogP contribution in [0.4, 0.5) is 0 Å². The minimum absolute atomic E-state index is 0.506. The Bertz CT molecular complexity index is 438. The van der Waals surface area contributed by atoms with Crippen LogP contribution in [0.5, 0.6) is 0 Å². The van der Waals surface area contributed by atoms with Gasteiger partial charge >= 0.3 is 83.6 Å². The van der Waals surface area contributed by atoms with Gasteiger partial charge in [0.1, 0.15) is 0 Å². The van der Waals surface area contributed by atoms with Crippen molar-refractivity contribution in [2.24, 2.45) is 3.74 Å². The quantitative estimate of drug-likeness (QED) is 0.717. The first-order chi connectivity index (χ1) is 6.70. The topological polar surface area (TPSA) is 63.6 Å². The zero-order valence-electron chi connectivity index (χ0n) is 7.60. The van der Waals surface area contributed by atoms with Gasteiger partial charge in [0.25, 0.3) is 0 Å². The second-order valence-corrected chi connectivity index (χ2v) is 11.5. The molecule has 0 amide bonds. The van der Waals surface area contributed by atoms with Gasteiger partial charge in [-0.15, -0.1) is 0 Å². The van der Waals surface area contributed by atoms with Crippen molar-refractivity contribution in [2.75, 3.05) is 0 Å². The van der Waals surface area contributed by atoms with Gasteiger partial charge in [-0.25, -0.2) is 0 Å². The molecular weight excluding hydrogens is 354 g/mol. The van der Waals surface area contributed by atoms with Crippen LogP contribution in [-0.4, -0.2) is 8.53 Å². The molecule has 0 aromatic rings. The average Bonchev–Trinajstić information content (AvgIpc) is 2.72. The van der Waals surface area contributed by atoms with Gasteiger partial charge in [-0.3, -0.25) is 0 Å². The van der Waals surface area contributed by atoms with E-state index >= 15 is 0 Å². The molecule has 14 heavy (non-hydrogen) atoms. The molecule has 0 aromatic carbocycles. The van der Waals surface area contributed by atoms with Crippen LogP contribution < -0.4 is 0 Å². The Morgan fingerprint density at radius 2 is 1.79 bits per heavy atom. The van der Waals surface area contributed by atoms with Gasteiger partial charge in [0.05, 0.1) is 0 Å². The Morgan fingerprint density at radius 3 is 2.07 bits per heavy atom. The molecule has 1 rings (SSSR count). The van der Waals surface area contributed by atoms with Crippen LogP contribution >= 0.6 is 0 Å². The van der Waals surface area contributed by atoms with E-state index in [9.17, 15) is 14.5 Å². The van der Waals surface area contributed by atoms with Crippen molar-refractivity contribution in [1.29, 1.82) is 0 Å². The van der Waals surface area contributed by atoms with Gasteiger partial charge < -0.3 is 0 Å². The van der Waals surface area contributed by atoms with Crippen molar-refractivity contribution in [2.45, 2.75) is 17.1 Å². The fraction of sp³-hybridized carbons (Fsp3) is 0.333. The van der Waals surface area contributed by atoms with Crippen LogP contribution in [0.1, 0.15) is 13.3 Å². The SMILES string of the molecule is CC[C]1([W](=[C]=O)(=[C]=O)[N]=O)C=CC=C1. The van der Waals surface area contributed by atoms with E-state index in [4.69, 9.17) is 0 Å². The summed E-state index contributed by atoms with van der Waals surface area (Å²) in [5.41, 5.74) is 0. The number of rotatable bonds is 3. The minimum atomic E-state index is -4.44. The number of nitroso groups, excluding NO2 is 1. The molecule has 0 aromatic heterocycles. The predicted octanol–water partition coefficient (Wildman–Crippen LogP) is 1.65. The molecule has 4 nitrogen and oxygen atoms in total. The van der Waals surface area contributed by atoms with E-state index in [-0.39, 0.29) is 0 Å². The molecule has 0 saturated carbocycles. The van der Waals surface area contributed by atoms with Crippen LogP contribution in [0, 0.1) is 4.91 Å². The fourth-order valence-corrected chi connectivity index (χ4v) is 6.84. The molecule has 1 aliphatic rings. The first-order valence-corrected chi connectivity index (χ1v) is 9.74. The normalized spacial score (nSPS) is 17.5. The van der Waals surface area contributed by atoms with Crippen molar-refractivity contribution in [3.63, 3.8) is 0 Å². The van der Waals surface area contributed by atoms with Crippen LogP contribution in [0.3, 0.4) is 0 Å². The molecule has 0 radical (unpaired) electrons. The number of hydrogen-bond acceptors (Lipinski definition) is 4. The zero-order chi connectivity index (χ0) is 10.7. The summed E-state index contributed by atoms with van der Waals surface area (Å²) < 4.78 is 5.21. The van der Waals surface area contributed by atoms with Crippen LogP contribution in [-0.2, 0) is 25.0 Å². The van der Waals surface area contributed by atoms with Gasteiger partial charge in [-0.05, 0) is 0 Å². The Balaban J connectivity index is 3.64. The first-order valence-electron chi connectivity index (χ1n) is 4.02. The summed E-state index contributed by atoms with van der Waals surface area (Å²) >= 11 is -4.44. The molecule has 0 spiro atoms. The Kier molecular flexibility index (Phi) is 3.13. The predicted molar refractivity (Wildman–Crippen MR) is 48.4 cm³/mol. The molecule has 74 valence electrons. The van der Waals surface area contributed by atoms with E-state index in [1.165, 1.54) is 0 Å². The van der Waals surface area contributed by atoms with Crippen LogP contribution in [0.15, 0.2) is 28.0 Å². The van der Waals surface area contributed by atoms with E-state index in [1.54, 1.807) is 32.8 Å². The summed E-state index contributed by atoms with van der Waals surface area (Å²) in [5.74, 6) is 0. The number of carbonyl (C=O) groups excluding carboxylic acids is 2. The number of nitrogens with zero attached hydrogens (tertiary/aromatic N) is 1. The van der Waals surface area contributed by atoms with Crippen molar-refractivity contribution in [3.8, 4) is 0 Å². The molecule has 0 N–H and O–H groups in total. The summed E-state index contributed by atoms with van der Waals surface area (Å²) in [6.07, 6.45) is 7.33. The molecule has 5 heteroatoms. The molecule has 1 aliphatic carbocycles. The summed E-state index contributed by atoms with van der Waals surface area (Å²) in [4.78, 5) is 32.3. The third-order valence-corrected chi connectivity index (χ3v) is 10.8. The molecule has 0 aliphatic heterocycles. The second kappa shape index (κ2) is 3.98. The molecule has 0 heterocycles.